The van der Waals surface area contributed by atoms with Gasteiger partial charge in [0.15, 0.2) is 0 Å². The van der Waals surface area contributed by atoms with Gasteiger partial charge in [0.25, 0.3) is 0 Å². The predicted octanol–water partition coefficient (Wildman–Crippen LogP) is 6.38. The van der Waals surface area contributed by atoms with Crippen LogP contribution in [-0.4, -0.2) is 4.98 Å². The summed E-state index contributed by atoms with van der Waals surface area (Å²) in [7, 11) is 0. The van der Waals surface area contributed by atoms with Crippen LogP contribution in [0.3, 0.4) is 0 Å². The van der Waals surface area contributed by atoms with Crippen LogP contribution < -0.4 is 0 Å². The number of nitrogens with zero attached hydrogens (tertiary/aromatic N) is 1. The largest absolute Gasteiger partial charge is 0.433 e. The lowest BCUT2D eigenvalue weighted by Gasteiger charge is -2.10. The molecule has 2 aromatic rings. The Kier molecular flexibility index (Phi) is 4.40. The number of halogens is 7. The van der Waals surface area contributed by atoms with Crippen LogP contribution in [0.15, 0.2) is 24.3 Å². The van der Waals surface area contributed by atoms with Crippen molar-refractivity contribution in [1.29, 1.82) is 0 Å². The zero-order valence-electron chi connectivity index (χ0n) is 9.40. The molecule has 0 amide bonds. The molecule has 0 saturated heterocycles. The van der Waals surface area contributed by atoms with Crippen molar-refractivity contribution in [2.45, 2.75) is 6.18 Å². The summed E-state index contributed by atoms with van der Waals surface area (Å²) in [6.45, 7) is 0. The monoisotopic (exact) mass is 359 g/mol. The van der Waals surface area contributed by atoms with Crippen molar-refractivity contribution in [2.75, 3.05) is 0 Å². The molecule has 0 aliphatic carbocycles. The molecule has 0 N–H and O–H groups in total. The van der Waals surface area contributed by atoms with Crippen molar-refractivity contribution in [3.8, 4) is 11.1 Å². The number of hydrogen-bond acceptors (Lipinski definition) is 1. The fourth-order valence-electron chi connectivity index (χ4n) is 1.53. The Morgan fingerprint density at radius 2 is 1.30 bits per heavy atom. The summed E-state index contributed by atoms with van der Waals surface area (Å²) in [5, 5.41) is 0.122. The van der Waals surface area contributed by atoms with E-state index < -0.39 is 11.9 Å². The molecule has 20 heavy (non-hydrogen) atoms. The smallest absolute Gasteiger partial charge is 0.232 e. The maximum atomic E-state index is 12.7. The van der Waals surface area contributed by atoms with E-state index in [1.807, 2.05) is 0 Å². The van der Waals surface area contributed by atoms with E-state index in [4.69, 9.17) is 46.4 Å². The first-order valence-corrected chi connectivity index (χ1v) is 6.59. The Bertz CT molecular complexity index is 647. The molecule has 0 fully saturated rings. The summed E-state index contributed by atoms with van der Waals surface area (Å²) < 4.78 is 38.1. The molecule has 0 saturated carbocycles. The molecule has 0 bridgehead atoms. The van der Waals surface area contributed by atoms with E-state index in [0.29, 0.717) is 5.56 Å². The Morgan fingerprint density at radius 3 is 1.80 bits per heavy atom. The van der Waals surface area contributed by atoms with Gasteiger partial charge in [0.1, 0.15) is 10.8 Å². The average molecular weight is 361 g/mol. The molecule has 0 radical (unpaired) electrons. The SMILES string of the molecule is FC(F)(F)c1cc(-c2cc(Cl)c(Cl)c(Cl)c2)cc(Cl)n1. The minimum atomic E-state index is -4.60. The third kappa shape index (κ3) is 3.31. The zero-order valence-corrected chi connectivity index (χ0v) is 12.4. The first-order chi connectivity index (χ1) is 9.18. The Labute approximate surface area is 132 Å². The van der Waals surface area contributed by atoms with Gasteiger partial charge in [0.2, 0.25) is 0 Å². The molecule has 0 aliphatic heterocycles. The van der Waals surface area contributed by atoms with Gasteiger partial charge in [-0.3, -0.25) is 0 Å². The molecular weight excluding hydrogens is 357 g/mol. The molecule has 1 aromatic heterocycles. The van der Waals surface area contributed by atoms with Crippen LogP contribution in [0.5, 0.6) is 0 Å². The molecular formula is C12H4Cl4F3N. The van der Waals surface area contributed by atoms with Gasteiger partial charge in [-0.25, -0.2) is 4.98 Å². The highest BCUT2D eigenvalue weighted by Crippen LogP contribution is 2.37. The number of benzene rings is 1. The normalized spacial score (nSPS) is 11.8. The fraction of sp³-hybridized carbons (Fsp3) is 0.0833. The average Bonchev–Trinajstić information content (AvgIpc) is 2.33. The summed E-state index contributed by atoms with van der Waals surface area (Å²) >= 11 is 23.1. The number of alkyl halides is 3. The van der Waals surface area contributed by atoms with E-state index in [2.05, 4.69) is 4.98 Å². The van der Waals surface area contributed by atoms with Gasteiger partial charge >= 0.3 is 6.18 Å². The Balaban J connectivity index is 2.61. The Morgan fingerprint density at radius 1 is 0.800 bits per heavy atom. The second-order valence-corrected chi connectivity index (χ2v) is 5.40. The van der Waals surface area contributed by atoms with Gasteiger partial charge in [-0.15, -0.1) is 0 Å². The van der Waals surface area contributed by atoms with E-state index >= 15 is 0 Å². The summed E-state index contributed by atoms with van der Waals surface area (Å²) in [6.07, 6.45) is -4.60. The molecule has 106 valence electrons. The minimum Gasteiger partial charge on any atom is -0.232 e. The van der Waals surface area contributed by atoms with E-state index in [9.17, 15) is 13.2 Å². The predicted molar refractivity (Wildman–Crippen MR) is 74.7 cm³/mol. The number of rotatable bonds is 1. The molecule has 1 nitrogen and oxygen atoms in total. The van der Waals surface area contributed by atoms with Crippen molar-refractivity contribution in [3.05, 3.63) is 50.2 Å². The third-order valence-electron chi connectivity index (χ3n) is 2.40. The van der Waals surface area contributed by atoms with E-state index in [1.165, 1.54) is 18.2 Å². The van der Waals surface area contributed by atoms with Crippen LogP contribution in [0, 0.1) is 0 Å². The lowest BCUT2D eigenvalue weighted by molar-refractivity contribution is -0.141. The van der Waals surface area contributed by atoms with Crippen LogP contribution in [0.1, 0.15) is 5.69 Å². The van der Waals surface area contributed by atoms with Gasteiger partial charge in [-0.1, -0.05) is 46.4 Å². The van der Waals surface area contributed by atoms with Crippen molar-refractivity contribution >= 4 is 46.4 Å². The first kappa shape index (κ1) is 15.7. The summed E-state index contributed by atoms with van der Waals surface area (Å²) in [5.41, 5.74) is -0.542. The minimum absolute atomic E-state index is 0.133. The molecule has 2 rings (SSSR count). The second kappa shape index (κ2) is 5.60. The number of pyridine rings is 1. The van der Waals surface area contributed by atoms with Crippen LogP contribution >= 0.6 is 46.4 Å². The van der Waals surface area contributed by atoms with E-state index in [-0.39, 0.29) is 25.8 Å². The fourth-order valence-corrected chi connectivity index (χ4v) is 2.34. The maximum absolute atomic E-state index is 12.7. The summed E-state index contributed by atoms with van der Waals surface area (Å²) in [5.74, 6) is 0. The second-order valence-electron chi connectivity index (χ2n) is 3.82. The van der Waals surface area contributed by atoms with E-state index in [0.717, 1.165) is 6.07 Å². The van der Waals surface area contributed by atoms with Gasteiger partial charge < -0.3 is 0 Å². The van der Waals surface area contributed by atoms with Gasteiger partial charge in [-0.2, -0.15) is 13.2 Å². The molecule has 0 unspecified atom stereocenters. The quantitative estimate of drug-likeness (QED) is 0.424. The van der Waals surface area contributed by atoms with Crippen LogP contribution in [0.2, 0.25) is 20.2 Å². The lowest BCUT2D eigenvalue weighted by Crippen LogP contribution is -2.08. The highest BCUT2D eigenvalue weighted by molar-refractivity contribution is 6.48. The summed E-state index contributed by atoms with van der Waals surface area (Å²) in [4.78, 5) is 3.24. The number of hydrogen-bond donors (Lipinski definition) is 0. The molecule has 0 atom stereocenters. The lowest BCUT2D eigenvalue weighted by atomic mass is 10.1. The van der Waals surface area contributed by atoms with Gasteiger partial charge in [-0.05, 0) is 35.4 Å². The third-order valence-corrected chi connectivity index (χ3v) is 3.79. The maximum Gasteiger partial charge on any atom is 0.433 e. The topological polar surface area (TPSA) is 12.9 Å². The molecule has 0 aliphatic rings. The summed E-state index contributed by atoms with van der Waals surface area (Å²) in [6, 6.07) is 4.96. The van der Waals surface area contributed by atoms with Crippen molar-refractivity contribution in [1.82, 2.24) is 4.98 Å². The molecule has 1 aromatic carbocycles. The van der Waals surface area contributed by atoms with Crippen LogP contribution in [0.25, 0.3) is 11.1 Å². The van der Waals surface area contributed by atoms with Crippen molar-refractivity contribution < 1.29 is 13.2 Å². The van der Waals surface area contributed by atoms with Gasteiger partial charge in [0, 0.05) is 0 Å². The highest BCUT2D eigenvalue weighted by atomic mass is 35.5. The first-order valence-electron chi connectivity index (χ1n) is 5.08. The van der Waals surface area contributed by atoms with Crippen molar-refractivity contribution in [3.63, 3.8) is 0 Å². The molecule has 0 spiro atoms. The van der Waals surface area contributed by atoms with Crippen LogP contribution in [0.4, 0.5) is 13.2 Å². The molecule has 8 heteroatoms. The zero-order chi connectivity index (χ0) is 15.1. The van der Waals surface area contributed by atoms with E-state index in [1.54, 1.807) is 0 Å². The standard InChI is InChI=1S/C12H4Cl4F3N/c13-7-1-5(2-8(14)11(7)16)6-3-9(12(17,18)19)20-10(15)4-6/h1-4H. The van der Waals surface area contributed by atoms with Gasteiger partial charge in [0.05, 0.1) is 15.1 Å². The molecule has 1 heterocycles. The van der Waals surface area contributed by atoms with Crippen molar-refractivity contribution in [2.24, 2.45) is 0 Å². The Hall–Kier alpha value is -0.680. The highest BCUT2D eigenvalue weighted by Gasteiger charge is 2.33. The number of aromatic nitrogens is 1. The van der Waals surface area contributed by atoms with Crippen LogP contribution in [-0.2, 0) is 6.18 Å².